The molecule has 7 heteroatoms. The summed E-state index contributed by atoms with van der Waals surface area (Å²) < 4.78 is 38.9. The SMILES string of the molecule is O=C(NCc1ccc(C2CC3CCN2CC3)cc1)c1cccc(C(F)(F)F)c1Cl. The summed E-state index contributed by atoms with van der Waals surface area (Å²) in [5.41, 5.74) is 0.989. The zero-order valence-corrected chi connectivity index (χ0v) is 16.6. The number of piperidine rings is 3. The molecule has 3 aliphatic rings. The first-order valence-electron chi connectivity index (χ1n) is 9.79. The number of rotatable bonds is 4. The first kappa shape index (κ1) is 20.2. The molecule has 5 rings (SSSR count). The van der Waals surface area contributed by atoms with Crippen LogP contribution in [-0.4, -0.2) is 23.9 Å². The minimum atomic E-state index is -4.60. The number of amides is 1. The lowest BCUT2D eigenvalue weighted by atomic mass is 9.81. The Morgan fingerprint density at radius 3 is 2.38 bits per heavy atom. The molecule has 0 aliphatic carbocycles. The molecule has 3 aliphatic heterocycles. The van der Waals surface area contributed by atoms with Gasteiger partial charge in [0.05, 0.1) is 16.1 Å². The highest BCUT2D eigenvalue weighted by Crippen LogP contribution is 2.40. The average molecular weight is 423 g/mol. The van der Waals surface area contributed by atoms with Gasteiger partial charge in [-0.2, -0.15) is 13.2 Å². The van der Waals surface area contributed by atoms with Crippen molar-refractivity contribution in [3.05, 3.63) is 69.7 Å². The third-order valence-corrected chi connectivity index (χ3v) is 6.42. The Bertz CT molecular complexity index is 890. The average Bonchev–Trinajstić information content (AvgIpc) is 2.72. The summed E-state index contributed by atoms with van der Waals surface area (Å²) in [5, 5.41) is 2.08. The molecule has 1 amide bonds. The van der Waals surface area contributed by atoms with Crippen molar-refractivity contribution in [1.82, 2.24) is 10.2 Å². The monoisotopic (exact) mass is 422 g/mol. The zero-order chi connectivity index (χ0) is 20.6. The van der Waals surface area contributed by atoms with Gasteiger partial charge in [0, 0.05) is 12.6 Å². The topological polar surface area (TPSA) is 32.3 Å². The largest absolute Gasteiger partial charge is 0.417 e. The van der Waals surface area contributed by atoms with Crippen LogP contribution in [0.5, 0.6) is 0 Å². The van der Waals surface area contributed by atoms with E-state index in [9.17, 15) is 18.0 Å². The maximum Gasteiger partial charge on any atom is 0.417 e. The van der Waals surface area contributed by atoms with Crippen molar-refractivity contribution in [3.8, 4) is 0 Å². The molecule has 154 valence electrons. The van der Waals surface area contributed by atoms with Crippen molar-refractivity contribution in [1.29, 1.82) is 0 Å². The van der Waals surface area contributed by atoms with Crippen molar-refractivity contribution >= 4 is 17.5 Å². The first-order chi connectivity index (χ1) is 13.8. The van der Waals surface area contributed by atoms with E-state index in [-0.39, 0.29) is 12.1 Å². The van der Waals surface area contributed by atoms with Crippen LogP contribution < -0.4 is 5.32 Å². The molecule has 2 aromatic carbocycles. The van der Waals surface area contributed by atoms with Crippen LogP contribution in [0.4, 0.5) is 13.2 Å². The van der Waals surface area contributed by atoms with Crippen molar-refractivity contribution < 1.29 is 18.0 Å². The van der Waals surface area contributed by atoms with E-state index in [1.165, 1.54) is 37.0 Å². The van der Waals surface area contributed by atoms with Crippen LogP contribution in [0.3, 0.4) is 0 Å². The Balaban J connectivity index is 1.40. The molecule has 2 bridgehead atoms. The van der Waals surface area contributed by atoms with E-state index in [0.29, 0.717) is 6.04 Å². The summed E-state index contributed by atoms with van der Waals surface area (Å²) in [7, 11) is 0. The third-order valence-electron chi connectivity index (χ3n) is 6.01. The summed E-state index contributed by atoms with van der Waals surface area (Å²) in [6.07, 6.45) is -0.820. The fraction of sp³-hybridized carbons (Fsp3) is 0.409. The predicted molar refractivity (Wildman–Crippen MR) is 106 cm³/mol. The van der Waals surface area contributed by atoms with Crippen LogP contribution in [-0.2, 0) is 12.7 Å². The second kappa shape index (κ2) is 8.00. The van der Waals surface area contributed by atoms with Crippen LogP contribution in [0.1, 0.15) is 52.4 Å². The maximum atomic E-state index is 13.0. The lowest BCUT2D eigenvalue weighted by Gasteiger charge is -2.45. The molecular formula is C22H22ClF3N2O. The van der Waals surface area contributed by atoms with Gasteiger partial charge in [0.15, 0.2) is 0 Å². The summed E-state index contributed by atoms with van der Waals surface area (Å²) in [5.74, 6) is 0.196. The van der Waals surface area contributed by atoms with E-state index in [4.69, 9.17) is 11.6 Å². The van der Waals surface area contributed by atoms with E-state index in [1.807, 2.05) is 12.1 Å². The standard InChI is InChI=1S/C22H22ClF3N2O/c23-20-17(2-1-3-18(20)22(24,25)26)21(29)27-13-15-4-6-16(7-5-15)19-12-14-8-10-28(19)11-9-14/h1-7,14,19H,8-13H2,(H,27,29). The maximum absolute atomic E-state index is 13.0. The van der Waals surface area contributed by atoms with Crippen LogP contribution in [0.25, 0.3) is 0 Å². The first-order valence-corrected chi connectivity index (χ1v) is 10.2. The van der Waals surface area contributed by atoms with E-state index in [0.717, 1.165) is 30.6 Å². The Labute approximate surface area is 172 Å². The number of nitrogens with one attached hydrogen (secondary N) is 1. The van der Waals surface area contributed by atoms with Crippen molar-refractivity contribution in [3.63, 3.8) is 0 Å². The van der Waals surface area contributed by atoms with E-state index in [1.54, 1.807) is 0 Å². The summed E-state index contributed by atoms with van der Waals surface area (Å²) in [6, 6.07) is 11.9. The molecule has 1 N–H and O–H groups in total. The molecule has 29 heavy (non-hydrogen) atoms. The lowest BCUT2D eigenvalue weighted by Crippen LogP contribution is -2.43. The van der Waals surface area contributed by atoms with Gasteiger partial charge in [-0.3, -0.25) is 9.69 Å². The number of hydrogen-bond acceptors (Lipinski definition) is 2. The van der Waals surface area contributed by atoms with E-state index in [2.05, 4.69) is 22.3 Å². The van der Waals surface area contributed by atoms with Gasteiger partial charge in [0.25, 0.3) is 5.91 Å². The van der Waals surface area contributed by atoms with Crippen LogP contribution in [0.2, 0.25) is 5.02 Å². The summed E-state index contributed by atoms with van der Waals surface area (Å²) >= 11 is 5.82. The molecule has 0 saturated carbocycles. The second-order valence-corrected chi connectivity index (χ2v) is 8.20. The number of carbonyl (C=O) groups is 1. The highest BCUT2D eigenvalue weighted by Gasteiger charge is 2.35. The fourth-order valence-corrected chi connectivity index (χ4v) is 4.69. The van der Waals surface area contributed by atoms with Crippen LogP contribution in [0.15, 0.2) is 42.5 Å². The van der Waals surface area contributed by atoms with Gasteiger partial charge in [-0.25, -0.2) is 0 Å². The van der Waals surface area contributed by atoms with Crippen molar-refractivity contribution in [2.45, 2.75) is 38.0 Å². The smallest absolute Gasteiger partial charge is 0.348 e. The number of alkyl halides is 3. The number of nitrogens with zero attached hydrogens (tertiary/aromatic N) is 1. The van der Waals surface area contributed by atoms with Gasteiger partial charge in [0.2, 0.25) is 0 Å². The minimum absolute atomic E-state index is 0.177. The highest BCUT2D eigenvalue weighted by atomic mass is 35.5. The number of hydrogen-bond donors (Lipinski definition) is 1. The second-order valence-electron chi connectivity index (χ2n) is 7.82. The zero-order valence-electron chi connectivity index (χ0n) is 15.8. The van der Waals surface area contributed by atoms with Gasteiger partial charge in [0.1, 0.15) is 0 Å². The van der Waals surface area contributed by atoms with E-state index >= 15 is 0 Å². The summed E-state index contributed by atoms with van der Waals surface area (Å²) in [6.45, 7) is 2.54. The van der Waals surface area contributed by atoms with Crippen molar-refractivity contribution in [2.24, 2.45) is 5.92 Å². The third kappa shape index (κ3) is 4.28. The van der Waals surface area contributed by atoms with Gasteiger partial charge in [-0.15, -0.1) is 0 Å². The molecule has 3 heterocycles. The molecule has 0 aromatic heterocycles. The molecule has 2 aromatic rings. The van der Waals surface area contributed by atoms with Crippen LogP contribution >= 0.6 is 11.6 Å². The number of halogens is 4. The fourth-order valence-electron chi connectivity index (χ4n) is 4.37. The lowest BCUT2D eigenvalue weighted by molar-refractivity contribution is -0.137. The minimum Gasteiger partial charge on any atom is -0.348 e. The number of fused-ring (bicyclic) bond motifs is 3. The normalized spacial score (nSPS) is 23.8. The molecule has 0 radical (unpaired) electrons. The molecule has 3 nitrogen and oxygen atoms in total. The van der Waals surface area contributed by atoms with Crippen LogP contribution in [0, 0.1) is 5.92 Å². The molecule has 3 saturated heterocycles. The quantitative estimate of drug-likeness (QED) is 0.711. The van der Waals surface area contributed by atoms with E-state index < -0.39 is 22.7 Å². The number of carbonyl (C=O) groups excluding carboxylic acids is 1. The number of benzene rings is 2. The molecule has 0 spiro atoms. The van der Waals surface area contributed by atoms with Gasteiger partial charge in [-0.1, -0.05) is 41.9 Å². The molecule has 3 fully saturated rings. The predicted octanol–water partition coefficient (Wildman–Crippen LogP) is 5.45. The van der Waals surface area contributed by atoms with Crippen molar-refractivity contribution in [2.75, 3.05) is 13.1 Å². The van der Waals surface area contributed by atoms with Gasteiger partial charge in [-0.05, 0) is 61.5 Å². The molecule has 1 atom stereocenters. The Hall–Kier alpha value is -2.05. The Kier molecular flexibility index (Phi) is 5.58. The summed E-state index contributed by atoms with van der Waals surface area (Å²) in [4.78, 5) is 14.9. The molecule has 1 unspecified atom stereocenters. The Morgan fingerprint density at radius 2 is 1.79 bits per heavy atom. The highest BCUT2D eigenvalue weighted by molar-refractivity contribution is 6.34. The molecular weight excluding hydrogens is 401 g/mol. The van der Waals surface area contributed by atoms with Gasteiger partial charge < -0.3 is 5.32 Å². The Morgan fingerprint density at radius 1 is 1.10 bits per heavy atom. The van der Waals surface area contributed by atoms with Gasteiger partial charge >= 0.3 is 6.18 Å².